The Hall–Kier alpha value is -2.04. The second-order valence-corrected chi connectivity index (χ2v) is 2.98. The van der Waals surface area contributed by atoms with Crippen molar-refractivity contribution in [3.63, 3.8) is 0 Å². The van der Waals surface area contributed by atoms with Gasteiger partial charge in [-0.3, -0.25) is 10.00 Å². The first kappa shape index (κ1) is 8.55. The SMILES string of the molecule is Cn1nc(NC(N)=O)c2ccccc21. The number of fused-ring (bicyclic) bond motifs is 1. The van der Waals surface area contributed by atoms with Gasteiger partial charge in [0, 0.05) is 12.4 Å². The van der Waals surface area contributed by atoms with Crippen LogP contribution in [0.2, 0.25) is 0 Å². The maximum atomic E-state index is 10.7. The molecule has 72 valence electrons. The molecule has 1 aromatic heterocycles. The number of amides is 2. The van der Waals surface area contributed by atoms with Crippen LogP contribution < -0.4 is 11.1 Å². The molecule has 0 aliphatic carbocycles. The average molecular weight is 190 g/mol. The van der Waals surface area contributed by atoms with Crippen LogP contribution in [-0.2, 0) is 7.05 Å². The summed E-state index contributed by atoms with van der Waals surface area (Å²) in [5, 5.41) is 7.49. The van der Waals surface area contributed by atoms with Gasteiger partial charge < -0.3 is 5.73 Å². The molecule has 0 saturated heterocycles. The molecule has 0 spiro atoms. The lowest BCUT2D eigenvalue weighted by Gasteiger charge is -1.95. The standard InChI is InChI=1S/C9H10N4O/c1-13-7-5-3-2-4-6(7)8(12-13)11-9(10)14/h2-5H,1H3,(H3,10,11,12,14). The number of urea groups is 1. The van der Waals surface area contributed by atoms with Gasteiger partial charge in [0.2, 0.25) is 0 Å². The van der Waals surface area contributed by atoms with Crippen molar-refractivity contribution in [1.29, 1.82) is 0 Å². The number of nitrogens with zero attached hydrogens (tertiary/aromatic N) is 2. The van der Waals surface area contributed by atoms with Gasteiger partial charge in [-0.2, -0.15) is 5.10 Å². The van der Waals surface area contributed by atoms with Gasteiger partial charge >= 0.3 is 6.03 Å². The third-order valence-electron chi connectivity index (χ3n) is 2.00. The van der Waals surface area contributed by atoms with E-state index in [1.807, 2.05) is 31.3 Å². The monoisotopic (exact) mass is 190 g/mol. The Morgan fingerprint density at radius 2 is 2.21 bits per heavy atom. The number of anilines is 1. The van der Waals surface area contributed by atoms with Gasteiger partial charge in [-0.15, -0.1) is 0 Å². The predicted octanol–water partition coefficient (Wildman–Crippen LogP) is 1.06. The fourth-order valence-corrected chi connectivity index (χ4v) is 1.42. The number of nitrogens with one attached hydrogen (secondary N) is 1. The van der Waals surface area contributed by atoms with Crippen LogP contribution in [0.1, 0.15) is 0 Å². The summed E-state index contributed by atoms with van der Waals surface area (Å²) in [7, 11) is 1.81. The number of aromatic nitrogens is 2. The molecule has 2 amide bonds. The van der Waals surface area contributed by atoms with Crippen LogP contribution >= 0.6 is 0 Å². The molecule has 2 aromatic rings. The summed E-state index contributed by atoms with van der Waals surface area (Å²) in [5.74, 6) is 0.496. The first-order valence-corrected chi connectivity index (χ1v) is 4.16. The molecule has 2 rings (SSSR count). The summed E-state index contributed by atoms with van der Waals surface area (Å²) in [5.41, 5.74) is 5.98. The Kier molecular flexibility index (Phi) is 1.85. The fraction of sp³-hybridized carbons (Fsp3) is 0.111. The predicted molar refractivity (Wildman–Crippen MR) is 53.9 cm³/mol. The lowest BCUT2D eigenvalue weighted by Crippen LogP contribution is -2.19. The molecule has 14 heavy (non-hydrogen) atoms. The summed E-state index contributed by atoms with van der Waals surface area (Å²) < 4.78 is 1.70. The van der Waals surface area contributed by atoms with Crippen molar-refractivity contribution in [3.8, 4) is 0 Å². The highest BCUT2D eigenvalue weighted by molar-refractivity contribution is 5.98. The van der Waals surface area contributed by atoms with Crippen molar-refractivity contribution in [1.82, 2.24) is 9.78 Å². The first-order chi connectivity index (χ1) is 6.68. The smallest absolute Gasteiger partial charge is 0.317 e. The summed E-state index contributed by atoms with van der Waals surface area (Å²) >= 11 is 0. The highest BCUT2D eigenvalue weighted by Gasteiger charge is 2.08. The molecular formula is C9H10N4O. The van der Waals surface area contributed by atoms with Crippen molar-refractivity contribution in [3.05, 3.63) is 24.3 Å². The Labute approximate surface area is 80.5 Å². The quantitative estimate of drug-likeness (QED) is 0.705. The topological polar surface area (TPSA) is 72.9 Å². The summed E-state index contributed by atoms with van der Waals surface area (Å²) in [4.78, 5) is 10.7. The number of primary amides is 1. The van der Waals surface area contributed by atoms with Crippen LogP contribution in [0, 0.1) is 0 Å². The minimum atomic E-state index is -0.603. The van der Waals surface area contributed by atoms with E-state index in [9.17, 15) is 4.79 Å². The molecular weight excluding hydrogens is 180 g/mol. The minimum Gasteiger partial charge on any atom is -0.351 e. The van der Waals surface area contributed by atoms with Gasteiger partial charge in [0.05, 0.1) is 5.52 Å². The molecule has 0 unspecified atom stereocenters. The Morgan fingerprint density at radius 3 is 2.93 bits per heavy atom. The molecule has 3 N–H and O–H groups in total. The molecule has 0 bridgehead atoms. The van der Waals surface area contributed by atoms with E-state index >= 15 is 0 Å². The number of carbonyl (C=O) groups excluding carboxylic acids is 1. The number of hydrogen-bond donors (Lipinski definition) is 2. The van der Waals surface area contributed by atoms with E-state index in [-0.39, 0.29) is 0 Å². The number of nitrogens with two attached hydrogens (primary N) is 1. The second kappa shape index (κ2) is 3.02. The van der Waals surface area contributed by atoms with Gasteiger partial charge in [-0.05, 0) is 12.1 Å². The van der Waals surface area contributed by atoms with Gasteiger partial charge in [0.15, 0.2) is 5.82 Å². The normalized spacial score (nSPS) is 10.4. The van der Waals surface area contributed by atoms with E-state index in [4.69, 9.17) is 5.73 Å². The fourth-order valence-electron chi connectivity index (χ4n) is 1.42. The van der Waals surface area contributed by atoms with Crippen molar-refractivity contribution in [2.45, 2.75) is 0 Å². The number of aryl methyl sites for hydroxylation is 1. The van der Waals surface area contributed by atoms with Crippen molar-refractivity contribution < 1.29 is 4.79 Å². The summed E-state index contributed by atoms with van der Waals surface area (Å²) in [6, 6.07) is 7.00. The molecule has 5 heteroatoms. The third kappa shape index (κ3) is 1.28. The molecule has 0 radical (unpaired) electrons. The number of para-hydroxylation sites is 1. The van der Waals surface area contributed by atoms with E-state index in [1.54, 1.807) is 4.68 Å². The molecule has 1 aromatic carbocycles. The largest absolute Gasteiger partial charge is 0.351 e. The molecule has 1 heterocycles. The third-order valence-corrected chi connectivity index (χ3v) is 2.00. The first-order valence-electron chi connectivity index (χ1n) is 4.16. The Balaban J connectivity index is 2.60. The van der Waals surface area contributed by atoms with E-state index in [0.29, 0.717) is 5.82 Å². The van der Waals surface area contributed by atoms with E-state index in [0.717, 1.165) is 10.9 Å². The summed E-state index contributed by atoms with van der Waals surface area (Å²) in [6.45, 7) is 0. The number of rotatable bonds is 1. The zero-order chi connectivity index (χ0) is 10.1. The van der Waals surface area contributed by atoms with Gasteiger partial charge in [-0.1, -0.05) is 12.1 Å². The van der Waals surface area contributed by atoms with Gasteiger partial charge in [-0.25, -0.2) is 4.79 Å². The molecule has 0 aliphatic heterocycles. The Morgan fingerprint density at radius 1 is 1.50 bits per heavy atom. The van der Waals surface area contributed by atoms with Crippen LogP contribution in [0.3, 0.4) is 0 Å². The maximum Gasteiger partial charge on any atom is 0.317 e. The maximum absolute atomic E-state index is 10.7. The van der Waals surface area contributed by atoms with Crippen LogP contribution in [0.15, 0.2) is 24.3 Å². The molecule has 0 aliphatic rings. The molecule has 0 fully saturated rings. The zero-order valence-electron chi connectivity index (χ0n) is 7.69. The molecule has 0 atom stereocenters. The van der Waals surface area contributed by atoms with Crippen molar-refractivity contribution in [2.24, 2.45) is 12.8 Å². The molecule has 0 saturated carbocycles. The van der Waals surface area contributed by atoms with Crippen molar-refractivity contribution >= 4 is 22.8 Å². The van der Waals surface area contributed by atoms with Gasteiger partial charge in [0.1, 0.15) is 0 Å². The highest BCUT2D eigenvalue weighted by Crippen LogP contribution is 2.21. The van der Waals surface area contributed by atoms with Crippen LogP contribution in [0.25, 0.3) is 10.9 Å². The van der Waals surface area contributed by atoms with E-state index in [1.165, 1.54) is 0 Å². The summed E-state index contributed by atoms with van der Waals surface area (Å²) in [6.07, 6.45) is 0. The Bertz CT molecular complexity index is 489. The number of carbonyl (C=O) groups is 1. The molecule has 5 nitrogen and oxygen atoms in total. The average Bonchev–Trinajstić information content (AvgIpc) is 2.44. The van der Waals surface area contributed by atoms with E-state index < -0.39 is 6.03 Å². The van der Waals surface area contributed by atoms with E-state index in [2.05, 4.69) is 10.4 Å². The van der Waals surface area contributed by atoms with Crippen molar-refractivity contribution in [2.75, 3.05) is 5.32 Å². The zero-order valence-corrected chi connectivity index (χ0v) is 7.69. The second-order valence-electron chi connectivity index (χ2n) is 2.98. The van der Waals surface area contributed by atoms with Gasteiger partial charge in [0.25, 0.3) is 0 Å². The highest BCUT2D eigenvalue weighted by atomic mass is 16.2. The minimum absolute atomic E-state index is 0.496. The van der Waals surface area contributed by atoms with Crippen LogP contribution in [0.4, 0.5) is 10.6 Å². The lowest BCUT2D eigenvalue weighted by molar-refractivity contribution is 0.259. The number of benzene rings is 1. The number of hydrogen-bond acceptors (Lipinski definition) is 2. The van der Waals surface area contributed by atoms with Crippen LogP contribution in [0.5, 0.6) is 0 Å². The lowest BCUT2D eigenvalue weighted by atomic mass is 10.2. The van der Waals surface area contributed by atoms with Crippen LogP contribution in [-0.4, -0.2) is 15.8 Å².